The SMILES string of the molecule is CCc1cccc(F)c1CNc1cc(F)c(S(=O)(=O)N(Cc2ccc(OC)cc2C)c2cscn2)cc1Cl. The van der Waals surface area contributed by atoms with Crippen LogP contribution in [0.2, 0.25) is 5.02 Å². The zero-order valence-electron chi connectivity index (χ0n) is 21.0. The smallest absolute Gasteiger partial charge is 0.268 e. The van der Waals surface area contributed by atoms with E-state index in [2.05, 4.69) is 10.3 Å². The van der Waals surface area contributed by atoms with E-state index >= 15 is 4.39 Å². The largest absolute Gasteiger partial charge is 0.497 e. The van der Waals surface area contributed by atoms with Gasteiger partial charge in [-0.15, -0.1) is 11.3 Å². The van der Waals surface area contributed by atoms with Gasteiger partial charge in [-0.05, 0) is 60.4 Å². The molecule has 38 heavy (non-hydrogen) atoms. The lowest BCUT2D eigenvalue weighted by Crippen LogP contribution is -2.32. The first kappa shape index (κ1) is 27.8. The number of sulfonamides is 1. The lowest BCUT2D eigenvalue weighted by molar-refractivity contribution is 0.414. The average Bonchev–Trinajstić information content (AvgIpc) is 3.42. The van der Waals surface area contributed by atoms with Gasteiger partial charge >= 0.3 is 0 Å². The van der Waals surface area contributed by atoms with Crippen LogP contribution in [0.4, 0.5) is 20.3 Å². The normalized spacial score (nSPS) is 11.4. The van der Waals surface area contributed by atoms with Crippen LogP contribution in [0.5, 0.6) is 5.75 Å². The highest BCUT2D eigenvalue weighted by Gasteiger charge is 2.31. The van der Waals surface area contributed by atoms with Crippen molar-refractivity contribution in [1.82, 2.24) is 4.98 Å². The average molecular weight is 578 g/mol. The Morgan fingerprint density at radius 1 is 1.11 bits per heavy atom. The Labute approximate surface area is 229 Å². The molecule has 4 aromatic rings. The number of anilines is 2. The summed E-state index contributed by atoms with van der Waals surface area (Å²) in [6, 6.07) is 12.2. The Kier molecular flexibility index (Phi) is 8.54. The molecule has 0 aliphatic carbocycles. The van der Waals surface area contributed by atoms with Gasteiger partial charge in [0.1, 0.15) is 22.3 Å². The number of nitrogens with one attached hydrogen (secondary N) is 1. The van der Waals surface area contributed by atoms with Crippen LogP contribution in [0, 0.1) is 18.6 Å². The predicted molar refractivity (Wildman–Crippen MR) is 148 cm³/mol. The Morgan fingerprint density at radius 3 is 2.55 bits per heavy atom. The van der Waals surface area contributed by atoms with Crippen molar-refractivity contribution in [3.8, 4) is 5.75 Å². The van der Waals surface area contributed by atoms with E-state index in [0.29, 0.717) is 23.3 Å². The molecule has 0 fully saturated rings. The predicted octanol–water partition coefficient (Wildman–Crippen LogP) is 6.96. The van der Waals surface area contributed by atoms with Crippen molar-refractivity contribution in [1.29, 1.82) is 0 Å². The third kappa shape index (κ3) is 5.77. The molecule has 1 heterocycles. The molecule has 200 valence electrons. The number of aromatic nitrogens is 1. The van der Waals surface area contributed by atoms with Gasteiger partial charge in [0.25, 0.3) is 10.0 Å². The van der Waals surface area contributed by atoms with E-state index in [-0.39, 0.29) is 35.4 Å². The van der Waals surface area contributed by atoms with Crippen molar-refractivity contribution in [2.45, 2.75) is 38.3 Å². The van der Waals surface area contributed by atoms with Crippen LogP contribution in [-0.2, 0) is 29.5 Å². The number of hydrogen-bond acceptors (Lipinski definition) is 6. The Balaban J connectivity index is 1.67. The number of thiazole rings is 1. The first-order chi connectivity index (χ1) is 18.1. The van der Waals surface area contributed by atoms with Gasteiger partial charge in [-0.2, -0.15) is 0 Å². The lowest BCUT2D eigenvalue weighted by Gasteiger charge is -2.24. The minimum Gasteiger partial charge on any atom is -0.497 e. The molecule has 11 heteroatoms. The van der Waals surface area contributed by atoms with Crippen molar-refractivity contribution in [2.75, 3.05) is 16.7 Å². The van der Waals surface area contributed by atoms with Crippen molar-refractivity contribution in [3.05, 3.63) is 98.3 Å². The second kappa shape index (κ2) is 11.7. The summed E-state index contributed by atoms with van der Waals surface area (Å²) in [7, 11) is -2.86. The van der Waals surface area contributed by atoms with Crippen molar-refractivity contribution >= 4 is 44.5 Å². The van der Waals surface area contributed by atoms with Gasteiger partial charge in [-0.3, -0.25) is 0 Å². The Bertz CT molecular complexity index is 1550. The molecule has 6 nitrogen and oxygen atoms in total. The maximum Gasteiger partial charge on any atom is 0.268 e. The van der Waals surface area contributed by atoms with E-state index in [1.165, 1.54) is 22.9 Å². The molecular weight excluding hydrogens is 552 g/mol. The van der Waals surface area contributed by atoms with Crippen LogP contribution >= 0.6 is 22.9 Å². The lowest BCUT2D eigenvalue weighted by atomic mass is 10.0. The summed E-state index contributed by atoms with van der Waals surface area (Å²) in [6.45, 7) is 3.72. The summed E-state index contributed by atoms with van der Waals surface area (Å²) >= 11 is 7.62. The molecular formula is C27H26ClF2N3O3S2. The number of aryl methyl sites for hydroxylation is 2. The van der Waals surface area contributed by atoms with E-state index in [0.717, 1.165) is 27.6 Å². The summed E-state index contributed by atoms with van der Waals surface area (Å²) in [5.74, 6) is -0.584. The molecule has 3 aromatic carbocycles. The molecule has 0 amide bonds. The van der Waals surface area contributed by atoms with Crippen LogP contribution in [0.1, 0.15) is 29.2 Å². The van der Waals surface area contributed by atoms with E-state index in [9.17, 15) is 12.8 Å². The molecule has 0 bridgehead atoms. The maximum atomic E-state index is 15.4. The molecule has 0 aliphatic heterocycles. The maximum absolute atomic E-state index is 15.4. The summed E-state index contributed by atoms with van der Waals surface area (Å²) in [6.07, 6.45) is 0.619. The van der Waals surface area contributed by atoms with E-state index < -0.39 is 20.7 Å². The summed E-state index contributed by atoms with van der Waals surface area (Å²) in [5, 5.41) is 4.50. The Morgan fingerprint density at radius 2 is 1.89 bits per heavy atom. The number of rotatable bonds is 10. The standard InChI is InChI=1S/C27H26ClF2N3O3S2/c1-4-18-6-5-7-23(29)21(18)13-31-25-12-24(30)26(11-22(25)28)38(34,35)33(27-15-37-16-32-27)14-19-8-9-20(36-3)10-17(19)2/h5-12,15-16,31H,4,13-14H2,1-3H3. The molecule has 0 saturated carbocycles. The van der Waals surface area contributed by atoms with Gasteiger partial charge in [-0.1, -0.05) is 36.7 Å². The van der Waals surface area contributed by atoms with Gasteiger partial charge in [0, 0.05) is 17.5 Å². The summed E-state index contributed by atoms with van der Waals surface area (Å²) in [5.41, 5.74) is 4.40. The fraction of sp³-hybridized carbons (Fsp3) is 0.222. The quantitative estimate of drug-likeness (QED) is 0.220. The van der Waals surface area contributed by atoms with Crippen LogP contribution < -0.4 is 14.4 Å². The molecule has 0 aliphatic rings. The third-order valence-electron chi connectivity index (χ3n) is 6.18. The highest BCUT2D eigenvalue weighted by atomic mass is 35.5. The van der Waals surface area contributed by atoms with E-state index in [1.807, 2.05) is 19.9 Å². The number of halogens is 3. The van der Waals surface area contributed by atoms with Crippen molar-refractivity contribution in [3.63, 3.8) is 0 Å². The molecule has 4 rings (SSSR count). The fourth-order valence-corrected chi connectivity index (χ4v) is 6.41. The highest BCUT2D eigenvalue weighted by molar-refractivity contribution is 7.92. The molecule has 1 aromatic heterocycles. The van der Waals surface area contributed by atoms with Crippen LogP contribution in [0.15, 0.2) is 64.3 Å². The minimum absolute atomic E-state index is 0.0155. The monoisotopic (exact) mass is 577 g/mol. The van der Waals surface area contributed by atoms with Crippen LogP contribution in [0.3, 0.4) is 0 Å². The molecule has 0 unspecified atom stereocenters. The number of benzene rings is 3. The summed E-state index contributed by atoms with van der Waals surface area (Å²) in [4.78, 5) is 3.57. The Hall–Kier alpha value is -3.21. The molecule has 0 spiro atoms. The number of ether oxygens (including phenoxy) is 1. The fourth-order valence-electron chi connectivity index (χ4n) is 4.04. The molecule has 0 atom stereocenters. The molecule has 0 radical (unpaired) electrons. The number of nitrogens with zero attached hydrogens (tertiary/aromatic N) is 2. The zero-order chi connectivity index (χ0) is 27.4. The zero-order valence-corrected chi connectivity index (χ0v) is 23.4. The second-order valence-electron chi connectivity index (χ2n) is 8.50. The minimum atomic E-state index is -4.41. The third-order valence-corrected chi connectivity index (χ3v) is 8.83. The second-order valence-corrected chi connectivity index (χ2v) is 11.5. The topological polar surface area (TPSA) is 71.5 Å². The van der Waals surface area contributed by atoms with Gasteiger partial charge in [0.2, 0.25) is 0 Å². The first-order valence-electron chi connectivity index (χ1n) is 11.7. The number of hydrogen-bond donors (Lipinski definition) is 1. The van der Waals surface area contributed by atoms with Gasteiger partial charge in [-0.25, -0.2) is 26.5 Å². The van der Waals surface area contributed by atoms with Crippen LogP contribution in [-0.4, -0.2) is 20.5 Å². The van der Waals surface area contributed by atoms with Gasteiger partial charge in [0.05, 0.1) is 29.9 Å². The van der Waals surface area contributed by atoms with Gasteiger partial charge in [0.15, 0.2) is 5.82 Å². The highest BCUT2D eigenvalue weighted by Crippen LogP contribution is 2.33. The molecule has 1 N–H and O–H groups in total. The molecule has 0 saturated heterocycles. The van der Waals surface area contributed by atoms with E-state index in [4.69, 9.17) is 16.3 Å². The van der Waals surface area contributed by atoms with Crippen LogP contribution in [0.25, 0.3) is 0 Å². The summed E-state index contributed by atoms with van der Waals surface area (Å²) < 4.78 is 63.6. The number of methoxy groups -OCH3 is 1. The van der Waals surface area contributed by atoms with E-state index in [1.54, 1.807) is 36.8 Å². The first-order valence-corrected chi connectivity index (χ1v) is 14.4. The van der Waals surface area contributed by atoms with Gasteiger partial charge < -0.3 is 10.1 Å². The van der Waals surface area contributed by atoms with Crippen molar-refractivity contribution in [2.24, 2.45) is 0 Å². The van der Waals surface area contributed by atoms with Crippen molar-refractivity contribution < 1.29 is 21.9 Å².